The number of nitrogens with one attached hydrogen (secondary N) is 1. The van der Waals surface area contributed by atoms with Crippen molar-refractivity contribution >= 4 is 5.91 Å². The number of benzene rings is 1. The van der Waals surface area contributed by atoms with E-state index >= 15 is 0 Å². The van der Waals surface area contributed by atoms with Crippen LogP contribution >= 0.6 is 0 Å². The normalized spacial score (nSPS) is 27.1. The van der Waals surface area contributed by atoms with Crippen LogP contribution in [0.25, 0.3) is 0 Å². The molecule has 1 atom stereocenters. The number of amides is 1. The maximum absolute atomic E-state index is 12.2. The Morgan fingerprint density at radius 2 is 1.76 bits per heavy atom. The van der Waals surface area contributed by atoms with Gasteiger partial charge in [0.05, 0.1) is 6.10 Å². The van der Waals surface area contributed by atoms with Gasteiger partial charge in [-0.05, 0) is 55.9 Å². The van der Waals surface area contributed by atoms with Crippen molar-refractivity contribution in [2.24, 2.45) is 11.8 Å². The fourth-order valence-corrected chi connectivity index (χ4v) is 3.41. The number of aliphatic hydroxyl groups is 1. The van der Waals surface area contributed by atoms with E-state index in [1.54, 1.807) is 0 Å². The number of hydrogen-bond donors (Lipinski definition) is 2. The molecule has 0 aliphatic heterocycles. The highest BCUT2D eigenvalue weighted by molar-refractivity contribution is 5.78. The van der Waals surface area contributed by atoms with E-state index < -0.39 is 0 Å². The van der Waals surface area contributed by atoms with Crippen LogP contribution in [0.1, 0.15) is 50.0 Å². The maximum Gasteiger partial charge on any atom is 0.223 e. The Hall–Kier alpha value is -1.35. The lowest BCUT2D eigenvalue weighted by Gasteiger charge is -2.28. The first-order valence-corrected chi connectivity index (χ1v) is 8.24. The van der Waals surface area contributed by atoms with Gasteiger partial charge in [-0.3, -0.25) is 4.79 Å². The summed E-state index contributed by atoms with van der Waals surface area (Å²) in [4.78, 5) is 12.2. The highest BCUT2D eigenvalue weighted by Gasteiger charge is 2.31. The Kier molecular flexibility index (Phi) is 4.59. The summed E-state index contributed by atoms with van der Waals surface area (Å²) in [5, 5.41) is 12.8. The van der Waals surface area contributed by atoms with Crippen molar-refractivity contribution in [2.45, 2.75) is 50.5 Å². The third kappa shape index (κ3) is 3.85. The summed E-state index contributed by atoms with van der Waals surface area (Å²) in [6.45, 7) is 0.433. The summed E-state index contributed by atoms with van der Waals surface area (Å²) in [7, 11) is 0. The van der Waals surface area contributed by atoms with Gasteiger partial charge < -0.3 is 10.4 Å². The van der Waals surface area contributed by atoms with Gasteiger partial charge in [0.15, 0.2) is 0 Å². The van der Waals surface area contributed by atoms with Gasteiger partial charge in [0.1, 0.15) is 0 Å². The highest BCUT2D eigenvalue weighted by Crippen LogP contribution is 2.36. The average Bonchev–Trinajstić information content (AvgIpc) is 3.38. The van der Waals surface area contributed by atoms with Gasteiger partial charge in [-0.2, -0.15) is 0 Å². The van der Waals surface area contributed by atoms with Gasteiger partial charge in [0, 0.05) is 12.5 Å². The molecule has 2 aliphatic rings. The van der Waals surface area contributed by atoms with Crippen molar-refractivity contribution in [2.75, 3.05) is 6.54 Å². The van der Waals surface area contributed by atoms with Crippen molar-refractivity contribution in [1.82, 2.24) is 5.32 Å². The molecule has 0 saturated heterocycles. The standard InChI is InChI=1S/C18H25NO2/c20-17(15-8-9-15)12-19-18(21)16-10-6-14(7-11-16)13-4-2-1-3-5-13/h1-5,14-17,20H,6-12H2,(H,19,21)/t14?,16?,17-/m1/s1. The van der Waals surface area contributed by atoms with Crippen LogP contribution in [-0.2, 0) is 4.79 Å². The van der Waals surface area contributed by atoms with Crippen LogP contribution < -0.4 is 5.32 Å². The van der Waals surface area contributed by atoms with Gasteiger partial charge in [-0.15, -0.1) is 0 Å². The number of carbonyl (C=O) groups is 1. The number of rotatable bonds is 5. The quantitative estimate of drug-likeness (QED) is 0.875. The van der Waals surface area contributed by atoms with E-state index in [0.29, 0.717) is 18.4 Å². The second-order valence-electron chi connectivity index (χ2n) is 6.61. The summed E-state index contributed by atoms with van der Waals surface area (Å²) in [5.74, 6) is 1.31. The van der Waals surface area contributed by atoms with Crippen LogP contribution in [0.2, 0.25) is 0 Å². The molecule has 0 heterocycles. The zero-order valence-electron chi connectivity index (χ0n) is 12.5. The molecule has 3 nitrogen and oxygen atoms in total. The zero-order valence-corrected chi connectivity index (χ0v) is 12.5. The minimum absolute atomic E-state index is 0.136. The Labute approximate surface area is 126 Å². The van der Waals surface area contributed by atoms with E-state index in [0.717, 1.165) is 38.5 Å². The van der Waals surface area contributed by atoms with Crippen molar-refractivity contribution in [3.05, 3.63) is 35.9 Å². The van der Waals surface area contributed by atoms with E-state index in [-0.39, 0.29) is 17.9 Å². The molecule has 2 N–H and O–H groups in total. The fourth-order valence-electron chi connectivity index (χ4n) is 3.41. The molecule has 1 aromatic rings. The molecule has 2 fully saturated rings. The van der Waals surface area contributed by atoms with E-state index in [2.05, 4.69) is 29.6 Å². The van der Waals surface area contributed by atoms with Crippen LogP contribution in [-0.4, -0.2) is 23.7 Å². The molecule has 0 spiro atoms. The molecule has 1 amide bonds. The van der Waals surface area contributed by atoms with Crippen LogP contribution in [0.15, 0.2) is 30.3 Å². The van der Waals surface area contributed by atoms with Crippen LogP contribution in [0.4, 0.5) is 0 Å². The van der Waals surface area contributed by atoms with Crippen LogP contribution in [0.5, 0.6) is 0 Å². The summed E-state index contributed by atoms with van der Waals surface area (Å²) in [6.07, 6.45) is 5.99. The molecule has 0 aromatic heterocycles. The van der Waals surface area contributed by atoms with Gasteiger partial charge in [0.2, 0.25) is 5.91 Å². The van der Waals surface area contributed by atoms with Crippen molar-refractivity contribution in [3.8, 4) is 0 Å². The predicted molar refractivity (Wildman–Crippen MR) is 82.9 cm³/mol. The summed E-state index contributed by atoms with van der Waals surface area (Å²) in [5.41, 5.74) is 1.40. The molecule has 0 radical (unpaired) electrons. The first-order valence-electron chi connectivity index (χ1n) is 8.24. The van der Waals surface area contributed by atoms with Crippen LogP contribution in [0.3, 0.4) is 0 Å². The number of carbonyl (C=O) groups excluding carboxylic acids is 1. The lowest BCUT2D eigenvalue weighted by Crippen LogP contribution is -2.38. The molecule has 0 bridgehead atoms. The molecular weight excluding hydrogens is 262 g/mol. The Morgan fingerprint density at radius 3 is 2.38 bits per heavy atom. The van der Waals surface area contributed by atoms with E-state index in [1.165, 1.54) is 5.56 Å². The number of hydrogen-bond acceptors (Lipinski definition) is 2. The first kappa shape index (κ1) is 14.6. The Bertz CT molecular complexity index is 461. The van der Waals surface area contributed by atoms with E-state index in [1.807, 2.05) is 6.07 Å². The second-order valence-corrected chi connectivity index (χ2v) is 6.61. The lowest BCUT2D eigenvalue weighted by atomic mass is 9.78. The van der Waals surface area contributed by atoms with Gasteiger partial charge in [-0.25, -0.2) is 0 Å². The number of aliphatic hydroxyl groups excluding tert-OH is 1. The Balaban J connectivity index is 1.43. The first-order chi connectivity index (χ1) is 10.2. The topological polar surface area (TPSA) is 49.3 Å². The van der Waals surface area contributed by atoms with Crippen LogP contribution in [0, 0.1) is 11.8 Å². The summed E-state index contributed by atoms with van der Waals surface area (Å²) >= 11 is 0. The molecule has 2 aliphatic carbocycles. The fraction of sp³-hybridized carbons (Fsp3) is 0.611. The minimum atomic E-state index is -0.338. The maximum atomic E-state index is 12.2. The predicted octanol–water partition coefficient (Wildman–Crippen LogP) is 2.85. The van der Waals surface area contributed by atoms with Crippen molar-refractivity contribution < 1.29 is 9.90 Å². The zero-order chi connectivity index (χ0) is 14.7. The van der Waals surface area contributed by atoms with Gasteiger partial charge in [-0.1, -0.05) is 30.3 Å². The average molecular weight is 287 g/mol. The Morgan fingerprint density at radius 1 is 1.10 bits per heavy atom. The molecule has 0 unspecified atom stereocenters. The molecular formula is C18H25NO2. The summed E-state index contributed by atoms with van der Waals surface area (Å²) < 4.78 is 0. The van der Waals surface area contributed by atoms with Gasteiger partial charge in [0.25, 0.3) is 0 Å². The molecule has 21 heavy (non-hydrogen) atoms. The summed E-state index contributed by atoms with van der Waals surface area (Å²) in [6, 6.07) is 10.6. The van der Waals surface area contributed by atoms with E-state index in [4.69, 9.17) is 0 Å². The molecule has 1 aromatic carbocycles. The minimum Gasteiger partial charge on any atom is -0.391 e. The second kappa shape index (κ2) is 6.61. The molecule has 2 saturated carbocycles. The SMILES string of the molecule is O=C(NC[C@@H](O)C1CC1)C1CCC(c2ccccc2)CC1. The third-order valence-corrected chi connectivity index (χ3v) is 5.02. The monoisotopic (exact) mass is 287 g/mol. The van der Waals surface area contributed by atoms with Crippen molar-refractivity contribution in [1.29, 1.82) is 0 Å². The lowest BCUT2D eigenvalue weighted by molar-refractivity contribution is -0.126. The molecule has 3 heteroatoms. The third-order valence-electron chi connectivity index (χ3n) is 5.02. The molecule has 3 rings (SSSR count). The smallest absolute Gasteiger partial charge is 0.223 e. The largest absolute Gasteiger partial charge is 0.391 e. The molecule has 114 valence electrons. The van der Waals surface area contributed by atoms with Gasteiger partial charge >= 0.3 is 0 Å². The van der Waals surface area contributed by atoms with Crippen molar-refractivity contribution in [3.63, 3.8) is 0 Å². The highest BCUT2D eigenvalue weighted by atomic mass is 16.3. The van der Waals surface area contributed by atoms with E-state index in [9.17, 15) is 9.90 Å².